The Hall–Kier alpha value is -1.55. The van der Waals surface area contributed by atoms with Gasteiger partial charge in [0, 0.05) is 11.1 Å². The van der Waals surface area contributed by atoms with Crippen LogP contribution in [-0.2, 0) is 9.53 Å². The standard InChI is InChI=1S/C14H16ClNO3/c1-9(10-2-3-10)16-13(17)8-19-14(18)11-4-6-12(15)7-5-11/h4-7,9-10H,2-3,8H2,1H3,(H,16,17)/t9-/m0/s1. The van der Waals surface area contributed by atoms with Gasteiger partial charge in [-0.05, 0) is 49.9 Å². The summed E-state index contributed by atoms with van der Waals surface area (Å²) < 4.78 is 4.94. The Balaban J connectivity index is 1.76. The Kier molecular flexibility index (Phi) is 4.43. The summed E-state index contributed by atoms with van der Waals surface area (Å²) in [6.45, 7) is 1.72. The van der Waals surface area contributed by atoms with E-state index in [-0.39, 0.29) is 18.6 Å². The second-order valence-electron chi connectivity index (χ2n) is 4.78. The molecule has 0 spiro atoms. The Bertz CT molecular complexity index is 468. The first-order valence-corrected chi connectivity index (χ1v) is 6.66. The lowest BCUT2D eigenvalue weighted by atomic mass is 10.2. The van der Waals surface area contributed by atoms with Crippen molar-refractivity contribution in [2.75, 3.05) is 6.61 Å². The number of nitrogens with one attached hydrogen (secondary N) is 1. The third kappa shape index (κ3) is 4.24. The molecule has 1 atom stereocenters. The molecule has 5 heteroatoms. The first-order chi connectivity index (χ1) is 9.06. The van der Waals surface area contributed by atoms with Crippen LogP contribution in [-0.4, -0.2) is 24.5 Å². The van der Waals surface area contributed by atoms with Gasteiger partial charge in [0.15, 0.2) is 6.61 Å². The molecule has 2 rings (SSSR count). The van der Waals surface area contributed by atoms with Crippen LogP contribution < -0.4 is 5.32 Å². The fourth-order valence-electron chi connectivity index (χ4n) is 1.81. The fraction of sp³-hybridized carbons (Fsp3) is 0.429. The van der Waals surface area contributed by atoms with E-state index in [4.69, 9.17) is 16.3 Å². The predicted molar refractivity (Wildman–Crippen MR) is 72.1 cm³/mol. The third-order valence-corrected chi connectivity index (χ3v) is 3.38. The minimum absolute atomic E-state index is 0.154. The van der Waals surface area contributed by atoms with Crippen LogP contribution in [0.5, 0.6) is 0 Å². The second kappa shape index (κ2) is 6.06. The van der Waals surface area contributed by atoms with E-state index in [1.807, 2.05) is 6.92 Å². The molecule has 1 saturated carbocycles. The Morgan fingerprint density at radius 3 is 2.58 bits per heavy atom. The molecule has 0 heterocycles. The summed E-state index contributed by atoms with van der Waals surface area (Å²) in [7, 11) is 0. The first kappa shape index (κ1) is 13.9. The zero-order valence-corrected chi connectivity index (χ0v) is 11.4. The molecule has 19 heavy (non-hydrogen) atoms. The van der Waals surface area contributed by atoms with Gasteiger partial charge < -0.3 is 10.1 Å². The van der Waals surface area contributed by atoms with E-state index in [0.717, 1.165) is 12.8 Å². The molecule has 4 nitrogen and oxygen atoms in total. The maximum atomic E-state index is 11.6. The number of halogens is 1. The van der Waals surface area contributed by atoms with Gasteiger partial charge in [0.25, 0.3) is 5.91 Å². The van der Waals surface area contributed by atoms with Gasteiger partial charge in [-0.2, -0.15) is 0 Å². The number of rotatable bonds is 5. The topological polar surface area (TPSA) is 55.4 Å². The summed E-state index contributed by atoms with van der Waals surface area (Å²) in [5.41, 5.74) is 0.382. The van der Waals surface area contributed by atoms with Crippen molar-refractivity contribution in [2.24, 2.45) is 5.92 Å². The molecule has 1 aliphatic carbocycles. The second-order valence-corrected chi connectivity index (χ2v) is 5.21. The van der Waals surface area contributed by atoms with Gasteiger partial charge in [-0.1, -0.05) is 11.6 Å². The highest BCUT2D eigenvalue weighted by Gasteiger charge is 2.28. The third-order valence-electron chi connectivity index (χ3n) is 3.13. The number of ether oxygens (including phenoxy) is 1. The molecule has 0 saturated heterocycles. The smallest absolute Gasteiger partial charge is 0.338 e. The molecule has 1 amide bonds. The van der Waals surface area contributed by atoms with Gasteiger partial charge in [0.2, 0.25) is 0 Å². The van der Waals surface area contributed by atoms with Crippen LogP contribution in [0.2, 0.25) is 5.02 Å². The van der Waals surface area contributed by atoms with E-state index in [2.05, 4.69) is 5.32 Å². The number of amides is 1. The van der Waals surface area contributed by atoms with E-state index in [9.17, 15) is 9.59 Å². The van der Waals surface area contributed by atoms with Crippen LogP contribution in [0.15, 0.2) is 24.3 Å². The van der Waals surface area contributed by atoms with E-state index in [0.29, 0.717) is 16.5 Å². The maximum Gasteiger partial charge on any atom is 0.338 e. The van der Waals surface area contributed by atoms with Crippen molar-refractivity contribution < 1.29 is 14.3 Å². The van der Waals surface area contributed by atoms with E-state index in [1.54, 1.807) is 24.3 Å². The number of carbonyl (C=O) groups excluding carboxylic acids is 2. The highest BCUT2D eigenvalue weighted by molar-refractivity contribution is 6.30. The number of esters is 1. The van der Waals surface area contributed by atoms with Crippen molar-refractivity contribution in [1.82, 2.24) is 5.32 Å². The largest absolute Gasteiger partial charge is 0.452 e. The highest BCUT2D eigenvalue weighted by atomic mass is 35.5. The fourth-order valence-corrected chi connectivity index (χ4v) is 1.94. The van der Waals surface area contributed by atoms with Gasteiger partial charge in [-0.3, -0.25) is 4.79 Å². The zero-order chi connectivity index (χ0) is 13.8. The van der Waals surface area contributed by atoms with Gasteiger partial charge in [-0.25, -0.2) is 4.79 Å². The number of carbonyl (C=O) groups is 2. The van der Waals surface area contributed by atoms with Gasteiger partial charge in [-0.15, -0.1) is 0 Å². The molecule has 1 N–H and O–H groups in total. The number of hydrogen-bond acceptors (Lipinski definition) is 3. The number of hydrogen-bond donors (Lipinski definition) is 1. The Morgan fingerprint density at radius 1 is 1.37 bits per heavy atom. The van der Waals surface area contributed by atoms with Crippen molar-refractivity contribution in [2.45, 2.75) is 25.8 Å². The van der Waals surface area contributed by atoms with Crippen LogP contribution in [0.3, 0.4) is 0 Å². The lowest BCUT2D eigenvalue weighted by Crippen LogP contribution is -2.37. The summed E-state index contributed by atoms with van der Waals surface area (Å²) in [4.78, 5) is 23.2. The molecular weight excluding hydrogens is 266 g/mol. The predicted octanol–water partition coefficient (Wildman–Crippen LogP) is 2.41. The highest BCUT2D eigenvalue weighted by Crippen LogP contribution is 2.32. The summed E-state index contributed by atoms with van der Waals surface area (Å²) in [5, 5.41) is 3.37. The van der Waals surface area contributed by atoms with Crippen molar-refractivity contribution in [1.29, 1.82) is 0 Å². The summed E-state index contributed by atoms with van der Waals surface area (Å²) >= 11 is 5.72. The quantitative estimate of drug-likeness (QED) is 0.843. The molecule has 0 bridgehead atoms. The van der Waals surface area contributed by atoms with Crippen molar-refractivity contribution >= 4 is 23.5 Å². The lowest BCUT2D eigenvalue weighted by molar-refractivity contribution is -0.124. The molecule has 0 unspecified atom stereocenters. The molecule has 1 fully saturated rings. The van der Waals surface area contributed by atoms with Crippen LogP contribution >= 0.6 is 11.6 Å². The van der Waals surface area contributed by atoms with Crippen LogP contribution in [0.4, 0.5) is 0 Å². The van der Waals surface area contributed by atoms with Crippen LogP contribution in [0.1, 0.15) is 30.1 Å². The van der Waals surface area contributed by atoms with E-state index in [1.165, 1.54) is 0 Å². The summed E-state index contributed by atoms with van der Waals surface area (Å²) in [5.74, 6) is -0.205. The van der Waals surface area contributed by atoms with Crippen molar-refractivity contribution in [3.8, 4) is 0 Å². The van der Waals surface area contributed by atoms with Gasteiger partial charge >= 0.3 is 5.97 Å². The average Bonchev–Trinajstić information content (AvgIpc) is 3.21. The molecule has 102 valence electrons. The maximum absolute atomic E-state index is 11.6. The Labute approximate surface area is 117 Å². The van der Waals surface area contributed by atoms with Crippen molar-refractivity contribution in [3.05, 3.63) is 34.9 Å². The van der Waals surface area contributed by atoms with Crippen molar-refractivity contribution in [3.63, 3.8) is 0 Å². The van der Waals surface area contributed by atoms with E-state index >= 15 is 0 Å². The lowest BCUT2D eigenvalue weighted by Gasteiger charge is -2.12. The first-order valence-electron chi connectivity index (χ1n) is 6.28. The molecule has 1 aliphatic rings. The molecule has 0 aromatic heterocycles. The molecular formula is C14H16ClNO3. The monoisotopic (exact) mass is 281 g/mol. The van der Waals surface area contributed by atoms with E-state index < -0.39 is 5.97 Å². The molecule has 1 aromatic rings. The van der Waals surface area contributed by atoms with Gasteiger partial charge in [0.1, 0.15) is 0 Å². The molecule has 1 aromatic carbocycles. The molecule has 0 radical (unpaired) electrons. The SMILES string of the molecule is C[C@H](NC(=O)COC(=O)c1ccc(Cl)cc1)C1CC1. The zero-order valence-electron chi connectivity index (χ0n) is 10.7. The average molecular weight is 282 g/mol. The molecule has 0 aliphatic heterocycles. The normalized spacial score (nSPS) is 15.7. The Morgan fingerprint density at radius 2 is 2.00 bits per heavy atom. The minimum Gasteiger partial charge on any atom is -0.452 e. The number of benzene rings is 1. The minimum atomic E-state index is -0.522. The summed E-state index contributed by atoms with van der Waals surface area (Å²) in [6.07, 6.45) is 2.32. The summed E-state index contributed by atoms with van der Waals surface area (Å²) in [6, 6.07) is 6.49. The van der Waals surface area contributed by atoms with Gasteiger partial charge in [0.05, 0.1) is 5.56 Å². The van der Waals surface area contributed by atoms with Crippen LogP contribution in [0, 0.1) is 5.92 Å². The van der Waals surface area contributed by atoms with Crippen LogP contribution in [0.25, 0.3) is 0 Å².